The monoisotopic (exact) mass is 251 g/mol. The fourth-order valence-corrected chi connectivity index (χ4v) is 1.35. The molecule has 0 aliphatic rings. The van der Waals surface area contributed by atoms with E-state index >= 15 is 0 Å². The molecule has 0 fully saturated rings. The van der Waals surface area contributed by atoms with E-state index in [1.807, 2.05) is 31.2 Å². The highest BCUT2D eigenvalue weighted by atomic mass is 16.5. The molecule has 18 heavy (non-hydrogen) atoms. The first kappa shape index (κ1) is 14.0. The van der Waals surface area contributed by atoms with Crippen LogP contribution in [0, 0.1) is 12.8 Å². The second-order valence-electron chi connectivity index (χ2n) is 4.09. The van der Waals surface area contributed by atoms with Crippen molar-refractivity contribution in [2.75, 3.05) is 13.2 Å². The molecule has 0 saturated carbocycles. The second-order valence-corrected chi connectivity index (χ2v) is 4.09. The summed E-state index contributed by atoms with van der Waals surface area (Å²) in [6.07, 6.45) is 0. The number of hydrogen-bond acceptors (Lipinski definition) is 3. The number of hydrogen-bond donors (Lipinski definition) is 2. The molecule has 0 aliphatic carbocycles. The molecule has 2 N–H and O–H groups in total. The minimum Gasteiger partial charge on any atom is -0.493 e. The summed E-state index contributed by atoms with van der Waals surface area (Å²) in [5, 5.41) is 10.8. The number of aryl methyl sites for hydroxylation is 1. The van der Waals surface area contributed by atoms with Crippen molar-refractivity contribution >= 4 is 11.9 Å². The van der Waals surface area contributed by atoms with Gasteiger partial charge in [-0.3, -0.25) is 9.59 Å². The third-order valence-corrected chi connectivity index (χ3v) is 2.44. The Balaban J connectivity index is 2.41. The quantitative estimate of drug-likeness (QED) is 0.796. The lowest BCUT2D eigenvalue weighted by Gasteiger charge is -2.13. The zero-order chi connectivity index (χ0) is 13.5. The van der Waals surface area contributed by atoms with E-state index in [-0.39, 0.29) is 19.1 Å². The molecule has 98 valence electrons. The molecular formula is C13H17NO4. The number of para-hydroxylation sites is 1. The van der Waals surface area contributed by atoms with Crippen molar-refractivity contribution in [1.82, 2.24) is 5.32 Å². The van der Waals surface area contributed by atoms with Crippen molar-refractivity contribution in [3.05, 3.63) is 29.8 Å². The average molecular weight is 251 g/mol. The first-order chi connectivity index (χ1) is 8.50. The molecule has 1 aromatic carbocycles. The predicted octanol–water partition coefficient (Wildman–Crippen LogP) is 1.21. The largest absolute Gasteiger partial charge is 0.493 e. The number of rotatable bonds is 6. The summed E-state index contributed by atoms with van der Waals surface area (Å²) in [6, 6.07) is 7.52. The zero-order valence-electron chi connectivity index (χ0n) is 10.5. The van der Waals surface area contributed by atoms with Crippen LogP contribution < -0.4 is 10.1 Å². The summed E-state index contributed by atoms with van der Waals surface area (Å²) in [7, 11) is 0. The lowest BCUT2D eigenvalue weighted by atomic mass is 10.2. The summed E-state index contributed by atoms with van der Waals surface area (Å²) in [5.74, 6) is -1.05. The van der Waals surface area contributed by atoms with Crippen LogP contribution in [0.15, 0.2) is 24.3 Å². The molecule has 0 aromatic heterocycles. The van der Waals surface area contributed by atoms with Crippen LogP contribution in [-0.4, -0.2) is 30.1 Å². The summed E-state index contributed by atoms with van der Waals surface area (Å²) >= 11 is 0. The Morgan fingerprint density at radius 3 is 2.67 bits per heavy atom. The van der Waals surface area contributed by atoms with Crippen molar-refractivity contribution in [2.24, 2.45) is 5.92 Å². The Labute approximate surface area is 106 Å². The van der Waals surface area contributed by atoms with Crippen molar-refractivity contribution < 1.29 is 19.4 Å². The van der Waals surface area contributed by atoms with Crippen molar-refractivity contribution in [2.45, 2.75) is 13.8 Å². The summed E-state index contributed by atoms with van der Waals surface area (Å²) in [6.45, 7) is 3.46. The zero-order valence-corrected chi connectivity index (χ0v) is 10.5. The van der Waals surface area contributed by atoms with E-state index in [0.717, 1.165) is 11.3 Å². The first-order valence-electron chi connectivity index (χ1n) is 5.68. The van der Waals surface area contributed by atoms with Crippen LogP contribution in [0.2, 0.25) is 0 Å². The number of aliphatic carboxylic acids is 1. The van der Waals surface area contributed by atoms with Crippen LogP contribution in [0.25, 0.3) is 0 Å². The number of ether oxygens (including phenoxy) is 1. The maximum absolute atomic E-state index is 11.5. The first-order valence-corrected chi connectivity index (χ1v) is 5.68. The molecule has 1 unspecified atom stereocenters. The molecule has 0 bridgehead atoms. The maximum atomic E-state index is 11.5. The van der Waals surface area contributed by atoms with Crippen LogP contribution in [0.5, 0.6) is 5.75 Å². The number of carboxylic acids is 1. The van der Waals surface area contributed by atoms with Gasteiger partial charge < -0.3 is 15.2 Å². The van der Waals surface area contributed by atoms with E-state index in [1.54, 1.807) is 6.92 Å². The molecule has 0 saturated heterocycles. The third-order valence-electron chi connectivity index (χ3n) is 2.44. The predicted molar refractivity (Wildman–Crippen MR) is 66.5 cm³/mol. The van der Waals surface area contributed by atoms with Crippen LogP contribution in [0.4, 0.5) is 0 Å². The van der Waals surface area contributed by atoms with Gasteiger partial charge in [0.15, 0.2) is 0 Å². The number of benzene rings is 1. The summed E-state index contributed by atoms with van der Waals surface area (Å²) in [4.78, 5) is 21.8. The van der Waals surface area contributed by atoms with Crippen molar-refractivity contribution in [1.29, 1.82) is 0 Å². The van der Waals surface area contributed by atoms with Gasteiger partial charge in [0.25, 0.3) is 0 Å². The number of carbonyl (C=O) groups excluding carboxylic acids is 1. The lowest BCUT2D eigenvalue weighted by molar-refractivity contribution is -0.138. The van der Waals surface area contributed by atoms with Crippen LogP contribution >= 0.6 is 0 Å². The van der Waals surface area contributed by atoms with Gasteiger partial charge in [-0.1, -0.05) is 25.1 Å². The molecule has 0 aliphatic heterocycles. The van der Waals surface area contributed by atoms with Gasteiger partial charge in [0.2, 0.25) is 5.91 Å². The highest BCUT2D eigenvalue weighted by molar-refractivity contribution is 5.82. The number of amides is 1. The topological polar surface area (TPSA) is 75.6 Å². The Kier molecular flexibility index (Phi) is 5.17. The van der Waals surface area contributed by atoms with Gasteiger partial charge in [-0.05, 0) is 18.6 Å². The molecule has 1 amide bonds. The molecule has 0 heterocycles. The van der Waals surface area contributed by atoms with Crippen LogP contribution in [0.3, 0.4) is 0 Å². The van der Waals surface area contributed by atoms with Gasteiger partial charge in [-0.15, -0.1) is 0 Å². The van der Waals surface area contributed by atoms with E-state index in [4.69, 9.17) is 9.84 Å². The van der Waals surface area contributed by atoms with E-state index < -0.39 is 11.9 Å². The minimum atomic E-state index is -1.06. The number of carboxylic acid groups (broad SMARTS) is 1. The summed E-state index contributed by atoms with van der Waals surface area (Å²) < 4.78 is 5.52. The Morgan fingerprint density at radius 2 is 2.06 bits per heavy atom. The molecule has 5 nitrogen and oxygen atoms in total. The Hall–Kier alpha value is -2.04. The van der Waals surface area contributed by atoms with Crippen molar-refractivity contribution in [3.63, 3.8) is 0 Å². The lowest BCUT2D eigenvalue weighted by Crippen LogP contribution is -2.35. The number of nitrogens with one attached hydrogen (secondary N) is 1. The van der Waals surface area contributed by atoms with E-state index in [0.29, 0.717) is 0 Å². The smallest absolute Gasteiger partial charge is 0.322 e. The normalized spacial score (nSPS) is 11.7. The van der Waals surface area contributed by atoms with Gasteiger partial charge >= 0.3 is 5.97 Å². The van der Waals surface area contributed by atoms with Gasteiger partial charge in [0.1, 0.15) is 12.3 Å². The SMILES string of the molecule is Cc1ccccc1OCC(C)C(=O)NCC(=O)O. The molecule has 1 aromatic rings. The van der Waals surface area contributed by atoms with E-state index in [2.05, 4.69) is 5.32 Å². The fourth-order valence-electron chi connectivity index (χ4n) is 1.35. The molecule has 5 heteroatoms. The fraction of sp³-hybridized carbons (Fsp3) is 0.385. The average Bonchev–Trinajstić information content (AvgIpc) is 2.34. The van der Waals surface area contributed by atoms with E-state index in [9.17, 15) is 9.59 Å². The second kappa shape index (κ2) is 6.64. The van der Waals surface area contributed by atoms with Gasteiger partial charge in [0, 0.05) is 0 Å². The standard InChI is InChI=1S/C13H17NO4/c1-9-5-3-4-6-11(9)18-8-10(2)13(17)14-7-12(15)16/h3-6,10H,7-8H2,1-2H3,(H,14,17)(H,15,16). The number of carbonyl (C=O) groups is 2. The highest BCUT2D eigenvalue weighted by Gasteiger charge is 2.14. The molecule has 0 spiro atoms. The Morgan fingerprint density at radius 1 is 1.39 bits per heavy atom. The third kappa shape index (κ3) is 4.45. The minimum absolute atomic E-state index is 0.219. The highest BCUT2D eigenvalue weighted by Crippen LogP contribution is 2.16. The molecule has 1 atom stereocenters. The van der Waals surface area contributed by atoms with E-state index in [1.165, 1.54) is 0 Å². The van der Waals surface area contributed by atoms with Crippen molar-refractivity contribution in [3.8, 4) is 5.75 Å². The molecule has 0 radical (unpaired) electrons. The van der Waals surface area contributed by atoms with Crippen LogP contribution in [0.1, 0.15) is 12.5 Å². The molecular weight excluding hydrogens is 234 g/mol. The van der Waals surface area contributed by atoms with Gasteiger partial charge in [0.05, 0.1) is 12.5 Å². The molecule has 1 rings (SSSR count). The summed E-state index contributed by atoms with van der Waals surface area (Å²) in [5.41, 5.74) is 0.996. The maximum Gasteiger partial charge on any atom is 0.322 e. The van der Waals surface area contributed by atoms with Gasteiger partial charge in [-0.25, -0.2) is 0 Å². The van der Waals surface area contributed by atoms with Gasteiger partial charge in [-0.2, -0.15) is 0 Å². The van der Waals surface area contributed by atoms with Crippen LogP contribution in [-0.2, 0) is 9.59 Å². The Bertz CT molecular complexity index is 431.